The summed E-state index contributed by atoms with van der Waals surface area (Å²) in [5, 5.41) is 0.855. The number of esters is 1. The van der Waals surface area contributed by atoms with Gasteiger partial charge < -0.3 is 9.47 Å². The molecule has 0 saturated carbocycles. The molecule has 0 aliphatic carbocycles. The number of carbonyl (C=O) groups excluding carboxylic acids is 1. The van der Waals surface area contributed by atoms with E-state index in [1.165, 1.54) is 7.11 Å². The van der Waals surface area contributed by atoms with Gasteiger partial charge in [-0.3, -0.25) is 4.79 Å². The zero-order valence-corrected chi connectivity index (χ0v) is 14.8. The summed E-state index contributed by atoms with van der Waals surface area (Å²) in [4.78, 5) is 12.2. The van der Waals surface area contributed by atoms with Crippen LogP contribution in [0, 0.1) is 0 Å². The number of carbonyl (C=O) groups is 1. The smallest absolute Gasteiger partial charge is 0.313 e. The van der Waals surface area contributed by atoms with Gasteiger partial charge in [-0.1, -0.05) is 64.5 Å². The molecule has 0 spiro atoms. The number of para-hydroxylation sites is 1. The number of halogens is 1. The number of ether oxygens (including phenoxy) is 2. The van der Waals surface area contributed by atoms with Crippen molar-refractivity contribution in [2.24, 2.45) is 0 Å². The lowest BCUT2D eigenvalue weighted by atomic mass is 9.94. The van der Waals surface area contributed by atoms with Gasteiger partial charge in [-0.15, -0.1) is 0 Å². The third kappa shape index (κ3) is 5.10. The van der Waals surface area contributed by atoms with Crippen molar-refractivity contribution in [3.8, 4) is 5.75 Å². The number of alkyl halides is 1. The van der Waals surface area contributed by atoms with E-state index in [-0.39, 0.29) is 11.9 Å². The monoisotopic (exact) mass is 376 g/mol. The van der Waals surface area contributed by atoms with Crippen LogP contribution < -0.4 is 4.74 Å². The highest BCUT2D eigenvalue weighted by atomic mass is 79.9. The van der Waals surface area contributed by atoms with Gasteiger partial charge in [-0.2, -0.15) is 0 Å². The van der Waals surface area contributed by atoms with Gasteiger partial charge in [0.25, 0.3) is 0 Å². The molecule has 2 aromatic rings. The van der Waals surface area contributed by atoms with Crippen LogP contribution in [-0.4, -0.2) is 18.4 Å². The van der Waals surface area contributed by atoms with Crippen molar-refractivity contribution >= 4 is 21.9 Å². The maximum atomic E-state index is 12.2. The normalized spacial score (nSPS) is 11.7. The number of rotatable bonds is 8. The summed E-state index contributed by atoms with van der Waals surface area (Å²) in [6.07, 6.45) is 1.62. The van der Waals surface area contributed by atoms with Crippen LogP contribution >= 0.6 is 15.9 Å². The first-order chi connectivity index (χ1) is 11.3. The van der Waals surface area contributed by atoms with Crippen LogP contribution in [0.25, 0.3) is 0 Å². The van der Waals surface area contributed by atoms with E-state index in [9.17, 15) is 4.79 Å². The van der Waals surface area contributed by atoms with Crippen molar-refractivity contribution in [3.63, 3.8) is 0 Å². The van der Waals surface area contributed by atoms with Crippen LogP contribution in [0.1, 0.15) is 29.9 Å². The molecule has 0 heterocycles. The third-order valence-corrected chi connectivity index (χ3v) is 4.20. The van der Waals surface area contributed by atoms with Gasteiger partial charge in [0.2, 0.25) is 0 Å². The molecule has 23 heavy (non-hydrogen) atoms. The predicted molar refractivity (Wildman–Crippen MR) is 95.0 cm³/mol. The second kappa shape index (κ2) is 9.36. The van der Waals surface area contributed by atoms with Gasteiger partial charge in [-0.25, -0.2) is 0 Å². The summed E-state index contributed by atoms with van der Waals surface area (Å²) < 4.78 is 10.9. The van der Waals surface area contributed by atoms with Crippen molar-refractivity contribution in [1.82, 2.24) is 0 Å². The largest absolute Gasteiger partial charge is 0.489 e. The van der Waals surface area contributed by atoms with Gasteiger partial charge in [0, 0.05) is 10.9 Å². The molecule has 122 valence electrons. The topological polar surface area (TPSA) is 35.5 Å². The number of hydrogen-bond acceptors (Lipinski definition) is 3. The zero-order valence-electron chi connectivity index (χ0n) is 13.2. The summed E-state index contributed by atoms with van der Waals surface area (Å²) >= 11 is 3.42. The molecule has 0 saturated heterocycles. The molecule has 1 unspecified atom stereocenters. The Morgan fingerprint density at radius 2 is 1.78 bits per heavy atom. The Balaban J connectivity index is 2.18. The Hall–Kier alpha value is -1.81. The first-order valence-electron chi connectivity index (χ1n) is 7.65. The van der Waals surface area contributed by atoms with E-state index in [2.05, 4.69) is 15.9 Å². The van der Waals surface area contributed by atoms with Crippen LogP contribution in [0.2, 0.25) is 0 Å². The van der Waals surface area contributed by atoms with Gasteiger partial charge >= 0.3 is 5.97 Å². The van der Waals surface area contributed by atoms with Crippen LogP contribution in [0.4, 0.5) is 0 Å². The number of methoxy groups -OCH3 is 1. The summed E-state index contributed by atoms with van der Waals surface area (Å²) in [5.74, 6) is 0.215. The van der Waals surface area contributed by atoms with Crippen LogP contribution in [0.3, 0.4) is 0 Å². The van der Waals surface area contributed by atoms with Crippen LogP contribution in [-0.2, 0) is 16.1 Å². The molecule has 4 heteroatoms. The fourth-order valence-corrected chi connectivity index (χ4v) is 2.78. The summed E-state index contributed by atoms with van der Waals surface area (Å²) in [5.41, 5.74) is 1.98. The number of hydrogen-bond donors (Lipinski definition) is 0. The minimum atomic E-state index is -0.301. The van der Waals surface area contributed by atoms with E-state index in [1.807, 2.05) is 54.6 Å². The van der Waals surface area contributed by atoms with Crippen molar-refractivity contribution in [3.05, 3.63) is 65.7 Å². The molecule has 1 atom stereocenters. The highest BCUT2D eigenvalue weighted by molar-refractivity contribution is 9.09. The molecule has 0 radical (unpaired) electrons. The molecular weight excluding hydrogens is 356 g/mol. The van der Waals surface area contributed by atoms with Crippen molar-refractivity contribution < 1.29 is 14.3 Å². The maximum Gasteiger partial charge on any atom is 0.313 e. The average molecular weight is 377 g/mol. The van der Waals surface area contributed by atoms with Gasteiger partial charge in [0.15, 0.2) is 0 Å². The molecule has 0 aliphatic heterocycles. The second-order valence-corrected chi connectivity index (χ2v) is 6.01. The van der Waals surface area contributed by atoms with Crippen molar-refractivity contribution in [1.29, 1.82) is 0 Å². The quantitative estimate of drug-likeness (QED) is 0.494. The van der Waals surface area contributed by atoms with E-state index in [0.29, 0.717) is 6.61 Å². The molecular formula is C19H21BrO3. The average Bonchev–Trinajstić information content (AvgIpc) is 2.61. The van der Waals surface area contributed by atoms with Gasteiger partial charge in [0.05, 0.1) is 13.0 Å². The Labute approximate surface area is 145 Å². The summed E-state index contributed by atoms with van der Waals surface area (Å²) in [6, 6.07) is 17.7. The van der Waals surface area contributed by atoms with E-state index in [4.69, 9.17) is 9.47 Å². The molecule has 0 aliphatic rings. The fourth-order valence-electron chi connectivity index (χ4n) is 2.46. The van der Waals surface area contributed by atoms with E-state index in [0.717, 1.165) is 35.0 Å². The second-order valence-electron chi connectivity index (χ2n) is 5.22. The van der Waals surface area contributed by atoms with Crippen molar-refractivity contribution in [2.45, 2.75) is 25.4 Å². The fraction of sp³-hybridized carbons (Fsp3) is 0.316. The highest BCUT2D eigenvalue weighted by Crippen LogP contribution is 2.31. The molecule has 0 amide bonds. The Kier molecular flexibility index (Phi) is 7.14. The first-order valence-corrected chi connectivity index (χ1v) is 8.78. The molecule has 0 N–H and O–H groups in total. The third-order valence-electron chi connectivity index (χ3n) is 3.64. The van der Waals surface area contributed by atoms with Crippen LogP contribution in [0.15, 0.2) is 54.6 Å². The van der Waals surface area contributed by atoms with Gasteiger partial charge in [-0.05, 0) is 24.5 Å². The molecule has 0 bridgehead atoms. The lowest BCUT2D eigenvalue weighted by Crippen LogP contribution is -2.16. The molecule has 0 fully saturated rings. The van der Waals surface area contributed by atoms with E-state index < -0.39 is 0 Å². The maximum absolute atomic E-state index is 12.2. The van der Waals surface area contributed by atoms with Gasteiger partial charge in [0.1, 0.15) is 12.4 Å². The Bertz CT molecular complexity index is 613. The molecule has 3 nitrogen and oxygen atoms in total. The van der Waals surface area contributed by atoms with E-state index >= 15 is 0 Å². The minimum absolute atomic E-state index is 0.221. The van der Waals surface area contributed by atoms with Crippen LogP contribution in [0.5, 0.6) is 5.75 Å². The predicted octanol–water partition coefficient (Wildman–Crippen LogP) is 4.70. The van der Waals surface area contributed by atoms with E-state index in [1.54, 1.807) is 0 Å². The Morgan fingerprint density at radius 3 is 2.48 bits per heavy atom. The number of benzene rings is 2. The molecule has 2 rings (SSSR count). The highest BCUT2D eigenvalue weighted by Gasteiger charge is 2.24. The lowest BCUT2D eigenvalue weighted by molar-refractivity contribution is -0.142. The Morgan fingerprint density at radius 1 is 1.09 bits per heavy atom. The molecule has 0 aromatic heterocycles. The molecule has 2 aromatic carbocycles. The summed E-state index contributed by atoms with van der Waals surface area (Å²) in [7, 11) is 1.43. The lowest BCUT2D eigenvalue weighted by Gasteiger charge is -2.18. The SMILES string of the molecule is COC(=O)C(CCCBr)c1ccccc1OCc1ccccc1. The first kappa shape index (κ1) is 17.5. The standard InChI is InChI=1S/C19H21BrO3/c1-22-19(21)17(11-7-13-20)16-10-5-6-12-18(16)23-14-15-8-3-2-4-9-15/h2-6,8-10,12,17H,7,11,13-14H2,1H3. The minimum Gasteiger partial charge on any atom is -0.489 e. The summed E-state index contributed by atoms with van der Waals surface area (Å²) in [6.45, 7) is 0.476. The zero-order chi connectivity index (χ0) is 16.5. The van der Waals surface area contributed by atoms with Crippen molar-refractivity contribution in [2.75, 3.05) is 12.4 Å².